The quantitative estimate of drug-likeness (QED) is 0.256. The number of ether oxygens (including phenoxy) is 3. The Labute approximate surface area is 173 Å². The molecular formula is C18H22F2IN3O3. The second kappa shape index (κ2) is 11.4. The summed E-state index contributed by atoms with van der Waals surface area (Å²) in [6.07, 6.45) is 0. The van der Waals surface area contributed by atoms with Crippen molar-refractivity contribution < 1.29 is 23.0 Å². The maximum absolute atomic E-state index is 13.1. The van der Waals surface area contributed by atoms with E-state index in [2.05, 4.69) is 10.3 Å². The summed E-state index contributed by atoms with van der Waals surface area (Å²) >= 11 is 0. The molecule has 0 amide bonds. The molecule has 0 bridgehead atoms. The lowest BCUT2D eigenvalue weighted by atomic mass is 10.2. The predicted molar refractivity (Wildman–Crippen MR) is 110 cm³/mol. The van der Waals surface area contributed by atoms with E-state index >= 15 is 0 Å². The number of benzene rings is 2. The van der Waals surface area contributed by atoms with Crippen LogP contribution in [0.3, 0.4) is 0 Å². The van der Waals surface area contributed by atoms with Gasteiger partial charge >= 0.3 is 0 Å². The highest BCUT2D eigenvalue weighted by atomic mass is 127. The van der Waals surface area contributed by atoms with Gasteiger partial charge in [0.25, 0.3) is 0 Å². The van der Waals surface area contributed by atoms with Gasteiger partial charge in [-0.2, -0.15) is 0 Å². The molecule has 0 aromatic heterocycles. The Bertz CT molecular complexity index is 776. The van der Waals surface area contributed by atoms with E-state index in [0.29, 0.717) is 24.6 Å². The van der Waals surface area contributed by atoms with Crippen LogP contribution < -0.4 is 25.3 Å². The van der Waals surface area contributed by atoms with Gasteiger partial charge in [0.05, 0.1) is 27.3 Å². The van der Waals surface area contributed by atoms with E-state index in [0.717, 1.165) is 17.7 Å². The number of guanidine groups is 1. The predicted octanol–water partition coefficient (Wildman–Crippen LogP) is 3.08. The summed E-state index contributed by atoms with van der Waals surface area (Å²) in [6.45, 7) is 0.946. The first-order valence-corrected chi connectivity index (χ1v) is 7.86. The second-order valence-electron chi connectivity index (χ2n) is 5.24. The molecule has 148 valence electrons. The van der Waals surface area contributed by atoms with Crippen molar-refractivity contribution in [3.8, 4) is 17.2 Å². The number of methoxy groups -OCH3 is 2. The minimum absolute atomic E-state index is 0. The van der Waals surface area contributed by atoms with Crippen molar-refractivity contribution in [2.75, 3.05) is 27.4 Å². The number of aliphatic imine (C=N–C) groups is 1. The van der Waals surface area contributed by atoms with Crippen molar-refractivity contribution in [3.63, 3.8) is 0 Å². The average Bonchev–Trinajstić information content (AvgIpc) is 2.66. The van der Waals surface area contributed by atoms with Crippen LogP contribution in [-0.2, 0) is 6.54 Å². The summed E-state index contributed by atoms with van der Waals surface area (Å²) in [6, 6.07) is 8.84. The third-order valence-corrected chi connectivity index (χ3v) is 3.45. The first kappa shape index (κ1) is 22.7. The monoisotopic (exact) mass is 493 g/mol. The Morgan fingerprint density at radius 1 is 1.04 bits per heavy atom. The van der Waals surface area contributed by atoms with Crippen LogP contribution in [0, 0.1) is 11.6 Å². The van der Waals surface area contributed by atoms with Crippen molar-refractivity contribution in [2.24, 2.45) is 10.7 Å². The van der Waals surface area contributed by atoms with Crippen LogP contribution in [0.15, 0.2) is 41.4 Å². The number of halogens is 3. The number of nitrogens with two attached hydrogens (primary N) is 1. The number of hydrogen-bond acceptors (Lipinski definition) is 4. The molecule has 0 atom stereocenters. The van der Waals surface area contributed by atoms with Crippen molar-refractivity contribution in [3.05, 3.63) is 53.6 Å². The molecule has 2 rings (SSSR count). The summed E-state index contributed by atoms with van der Waals surface area (Å²) in [7, 11) is 3.13. The van der Waals surface area contributed by atoms with Crippen LogP contribution in [0.1, 0.15) is 5.56 Å². The molecule has 0 spiro atoms. The minimum atomic E-state index is -0.952. The van der Waals surface area contributed by atoms with E-state index in [-0.39, 0.29) is 42.3 Å². The van der Waals surface area contributed by atoms with Crippen LogP contribution in [0.4, 0.5) is 8.78 Å². The Hall–Kier alpha value is -2.30. The van der Waals surface area contributed by atoms with Crippen molar-refractivity contribution >= 4 is 29.9 Å². The van der Waals surface area contributed by atoms with Gasteiger partial charge in [-0.05, 0) is 29.8 Å². The lowest BCUT2D eigenvalue weighted by Crippen LogP contribution is -2.34. The van der Waals surface area contributed by atoms with Crippen LogP contribution in [0.25, 0.3) is 0 Å². The van der Waals surface area contributed by atoms with E-state index in [9.17, 15) is 8.78 Å². The average molecular weight is 493 g/mol. The molecule has 0 aliphatic carbocycles. The molecular weight excluding hydrogens is 471 g/mol. The summed E-state index contributed by atoms with van der Waals surface area (Å²) < 4.78 is 41.6. The SMILES string of the molecule is COc1ccc(CN=C(N)NCCOc2ccc(F)c(F)c2)cc1OC.I. The Balaban J connectivity index is 0.00000364. The third-order valence-electron chi connectivity index (χ3n) is 3.45. The van der Waals surface area contributed by atoms with E-state index in [4.69, 9.17) is 19.9 Å². The lowest BCUT2D eigenvalue weighted by Gasteiger charge is -2.10. The van der Waals surface area contributed by atoms with Crippen molar-refractivity contribution in [1.82, 2.24) is 5.32 Å². The van der Waals surface area contributed by atoms with Crippen molar-refractivity contribution in [1.29, 1.82) is 0 Å². The fourth-order valence-electron chi connectivity index (χ4n) is 2.13. The highest BCUT2D eigenvalue weighted by Gasteiger charge is 2.05. The number of nitrogens with zero attached hydrogens (tertiary/aromatic N) is 1. The van der Waals surface area contributed by atoms with E-state index in [1.807, 2.05) is 12.1 Å². The molecule has 0 heterocycles. The Kier molecular flexibility index (Phi) is 9.62. The van der Waals surface area contributed by atoms with Gasteiger partial charge in [-0.3, -0.25) is 0 Å². The van der Waals surface area contributed by atoms with E-state index in [1.54, 1.807) is 20.3 Å². The molecule has 0 unspecified atom stereocenters. The Morgan fingerprint density at radius 2 is 1.78 bits per heavy atom. The maximum Gasteiger partial charge on any atom is 0.189 e. The maximum atomic E-state index is 13.1. The zero-order valence-corrected chi connectivity index (χ0v) is 17.3. The molecule has 0 aliphatic rings. The molecule has 0 saturated heterocycles. The molecule has 3 N–H and O–H groups in total. The Morgan fingerprint density at radius 3 is 2.44 bits per heavy atom. The summed E-state index contributed by atoms with van der Waals surface area (Å²) in [5.74, 6) is -0.124. The molecule has 9 heteroatoms. The molecule has 2 aromatic rings. The molecule has 2 aromatic carbocycles. The van der Waals surface area contributed by atoms with Gasteiger partial charge < -0.3 is 25.3 Å². The molecule has 6 nitrogen and oxygen atoms in total. The number of nitrogens with one attached hydrogen (secondary N) is 1. The molecule has 0 aliphatic heterocycles. The van der Waals surface area contributed by atoms with Gasteiger partial charge in [0.2, 0.25) is 0 Å². The zero-order chi connectivity index (χ0) is 18.9. The minimum Gasteiger partial charge on any atom is -0.493 e. The van der Waals surface area contributed by atoms with E-state index < -0.39 is 11.6 Å². The third kappa shape index (κ3) is 7.08. The number of hydrogen-bond donors (Lipinski definition) is 2. The second-order valence-corrected chi connectivity index (χ2v) is 5.24. The first-order chi connectivity index (χ1) is 12.5. The van der Waals surface area contributed by atoms with Crippen LogP contribution in [0.5, 0.6) is 17.2 Å². The van der Waals surface area contributed by atoms with Gasteiger partial charge in [-0.25, -0.2) is 13.8 Å². The molecule has 0 saturated carbocycles. The van der Waals surface area contributed by atoms with Crippen molar-refractivity contribution in [2.45, 2.75) is 6.54 Å². The van der Waals surface area contributed by atoms with E-state index in [1.165, 1.54) is 6.07 Å². The smallest absolute Gasteiger partial charge is 0.189 e. The van der Waals surface area contributed by atoms with Crippen LogP contribution in [-0.4, -0.2) is 33.3 Å². The van der Waals surface area contributed by atoms with Gasteiger partial charge in [0.15, 0.2) is 29.1 Å². The molecule has 27 heavy (non-hydrogen) atoms. The van der Waals surface area contributed by atoms with Crippen LogP contribution >= 0.6 is 24.0 Å². The lowest BCUT2D eigenvalue weighted by molar-refractivity contribution is 0.319. The number of rotatable bonds is 8. The summed E-state index contributed by atoms with van der Waals surface area (Å²) in [4.78, 5) is 4.22. The normalized spacial score (nSPS) is 10.7. The summed E-state index contributed by atoms with van der Waals surface area (Å²) in [5.41, 5.74) is 6.70. The highest BCUT2D eigenvalue weighted by Crippen LogP contribution is 2.27. The summed E-state index contributed by atoms with van der Waals surface area (Å²) in [5, 5.41) is 2.88. The standard InChI is InChI=1S/C18H21F2N3O3.HI/c1-24-16-6-3-12(9-17(16)25-2)11-23-18(21)22-7-8-26-13-4-5-14(19)15(20)10-13;/h3-6,9-10H,7-8,11H2,1-2H3,(H3,21,22,23);1H. The molecule has 0 fully saturated rings. The zero-order valence-electron chi connectivity index (χ0n) is 15.0. The fraction of sp³-hybridized carbons (Fsp3) is 0.278. The van der Waals surface area contributed by atoms with Gasteiger partial charge in [0, 0.05) is 6.07 Å². The fourth-order valence-corrected chi connectivity index (χ4v) is 2.13. The first-order valence-electron chi connectivity index (χ1n) is 7.86. The largest absolute Gasteiger partial charge is 0.493 e. The highest BCUT2D eigenvalue weighted by molar-refractivity contribution is 14.0. The van der Waals surface area contributed by atoms with Gasteiger partial charge in [0.1, 0.15) is 12.4 Å². The van der Waals surface area contributed by atoms with Gasteiger partial charge in [-0.15, -0.1) is 24.0 Å². The molecule has 0 radical (unpaired) electrons. The van der Waals surface area contributed by atoms with Gasteiger partial charge in [-0.1, -0.05) is 6.07 Å². The van der Waals surface area contributed by atoms with Crippen LogP contribution in [0.2, 0.25) is 0 Å². The topological polar surface area (TPSA) is 78.1 Å².